The zero-order valence-corrected chi connectivity index (χ0v) is 11.4. The lowest BCUT2D eigenvalue weighted by Gasteiger charge is -2.29. The first-order valence-corrected chi connectivity index (χ1v) is 6.59. The van der Waals surface area contributed by atoms with Crippen molar-refractivity contribution in [2.75, 3.05) is 20.1 Å². The number of ether oxygens (including phenoxy) is 1. The Morgan fingerprint density at radius 2 is 2.35 bits per heavy atom. The molecule has 0 aromatic heterocycles. The Hall–Kier alpha value is -0.870. The second kappa shape index (κ2) is 5.65. The van der Waals surface area contributed by atoms with Crippen LogP contribution in [0.5, 0.6) is 0 Å². The van der Waals surface area contributed by atoms with Crippen LogP contribution in [0, 0.1) is 0 Å². The number of hydrogen-bond donors (Lipinski definition) is 0. The molecule has 2 rings (SSSR count). The summed E-state index contributed by atoms with van der Waals surface area (Å²) in [5, 5.41) is 0. The molecule has 1 heterocycles. The number of benzene rings is 1. The molecule has 1 aliphatic rings. The van der Waals surface area contributed by atoms with Gasteiger partial charge in [0.25, 0.3) is 0 Å². The van der Waals surface area contributed by atoms with Crippen molar-refractivity contribution in [2.24, 2.45) is 0 Å². The highest BCUT2D eigenvalue weighted by molar-refractivity contribution is 9.10. The Morgan fingerprint density at radius 1 is 1.53 bits per heavy atom. The molecule has 1 saturated heterocycles. The summed E-state index contributed by atoms with van der Waals surface area (Å²) in [4.78, 5) is 14.1. The second-order valence-electron chi connectivity index (χ2n) is 4.44. The number of likely N-dealkylation sites (N-methyl/N-ethyl adjacent to an activating group) is 1. The van der Waals surface area contributed by atoms with Gasteiger partial charge in [0, 0.05) is 11.0 Å². The predicted octanol–water partition coefficient (Wildman–Crippen LogP) is 2.70. The summed E-state index contributed by atoms with van der Waals surface area (Å²) in [6.07, 6.45) is 2.08. The normalized spacial score (nSPS) is 21.2. The molecule has 1 fully saturated rings. The van der Waals surface area contributed by atoms with E-state index in [0.717, 1.165) is 30.4 Å². The van der Waals surface area contributed by atoms with Gasteiger partial charge in [-0.15, -0.1) is 0 Å². The van der Waals surface area contributed by atoms with Gasteiger partial charge in [0.2, 0.25) is 0 Å². The zero-order valence-electron chi connectivity index (χ0n) is 9.86. The molecule has 3 nitrogen and oxygen atoms in total. The highest BCUT2D eigenvalue weighted by Crippen LogP contribution is 2.16. The van der Waals surface area contributed by atoms with Gasteiger partial charge in [-0.3, -0.25) is 0 Å². The molecule has 0 unspecified atom stereocenters. The van der Waals surface area contributed by atoms with Gasteiger partial charge in [0.1, 0.15) is 6.10 Å². The third-order valence-corrected chi connectivity index (χ3v) is 3.41. The molecule has 0 aliphatic carbocycles. The van der Waals surface area contributed by atoms with Crippen molar-refractivity contribution in [3.63, 3.8) is 0 Å². The molecule has 1 aliphatic heterocycles. The summed E-state index contributed by atoms with van der Waals surface area (Å²) < 4.78 is 6.40. The molecule has 1 aromatic rings. The monoisotopic (exact) mass is 297 g/mol. The van der Waals surface area contributed by atoms with Crippen LogP contribution in [0.1, 0.15) is 23.2 Å². The van der Waals surface area contributed by atoms with Crippen molar-refractivity contribution in [1.82, 2.24) is 4.90 Å². The molecule has 1 aromatic carbocycles. The van der Waals surface area contributed by atoms with Crippen LogP contribution in [-0.2, 0) is 4.74 Å². The topological polar surface area (TPSA) is 29.5 Å². The number of esters is 1. The minimum atomic E-state index is -0.230. The summed E-state index contributed by atoms with van der Waals surface area (Å²) in [6, 6.07) is 7.30. The Morgan fingerprint density at radius 3 is 3.06 bits per heavy atom. The minimum Gasteiger partial charge on any atom is -0.457 e. The van der Waals surface area contributed by atoms with E-state index in [1.165, 1.54) is 0 Å². The highest BCUT2D eigenvalue weighted by Gasteiger charge is 2.21. The van der Waals surface area contributed by atoms with Gasteiger partial charge in [0.05, 0.1) is 5.56 Å². The summed E-state index contributed by atoms with van der Waals surface area (Å²) in [6.45, 7) is 1.92. The standard InChI is InChI=1S/C13H16BrNO2/c1-15-7-3-6-12(9-15)17-13(16)10-4-2-5-11(14)8-10/h2,4-5,8,12H,3,6-7,9H2,1H3/t12-/m0/s1. The fourth-order valence-corrected chi connectivity index (χ4v) is 2.45. The fraction of sp³-hybridized carbons (Fsp3) is 0.462. The largest absolute Gasteiger partial charge is 0.457 e. The molecular formula is C13H16BrNO2. The number of hydrogen-bond acceptors (Lipinski definition) is 3. The smallest absolute Gasteiger partial charge is 0.338 e. The number of piperidine rings is 1. The van der Waals surface area contributed by atoms with Crippen LogP contribution < -0.4 is 0 Å². The lowest BCUT2D eigenvalue weighted by molar-refractivity contribution is 0.0108. The summed E-state index contributed by atoms with van der Waals surface area (Å²) in [5.74, 6) is -0.230. The van der Waals surface area contributed by atoms with Crippen LogP contribution in [0.4, 0.5) is 0 Å². The molecule has 0 amide bonds. The quantitative estimate of drug-likeness (QED) is 0.786. The Kier molecular flexibility index (Phi) is 4.18. The lowest BCUT2D eigenvalue weighted by atomic mass is 10.1. The van der Waals surface area contributed by atoms with E-state index in [1.54, 1.807) is 12.1 Å². The number of halogens is 1. The third kappa shape index (κ3) is 3.54. The van der Waals surface area contributed by atoms with Gasteiger partial charge in [0.15, 0.2) is 0 Å². The molecule has 4 heteroatoms. The minimum absolute atomic E-state index is 0.0280. The van der Waals surface area contributed by atoms with Gasteiger partial charge >= 0.3 is 5.97 Å². The molecule has 0 radical (unpaired) electrons. The van der Waals surface area contributed by atoms with Crippen LogP contribution in [0.15, 0.2) is 28.7 Å². The van der Waals surface area contributed by atoms with E-state index in [1.807, 2.05) is 12.1 Å². The Balaban J connectivity index is 1.97. The van der Waals surface area contributed by atoms with Crippen molar-refractivity contribution in [3.8, 4) is 0 Å². The average molecular weight is 298 g/mol. The maximum Gasteiger partial charge on any atom is 0.338 e. The van der Waals surface area contributed by atoms with E-state index in [2.05, 4.69) is 27.9 Å². The van der Waals surface area contributed by atoms with E-state index in [-0.39, 0.29) is 12.1 Å². The van der Waals surface area contributed by atoms with Crippen molar-refractivity contribution in [2.45, 2.75) is 18.9 Å². The van der Waals surface area contributed by atoms with Crippen LogP contribution >= 0.6 is 15.9 Å². The van der Waals surface area contributed by atoms with Crippen LogP contribution in [0.25, 0.3) is 0 Å². The van der Waals surface area contributed by atoms with Gasteiger partial charge < -0.3 is 9.64 Å². The molecule has 0 N–H and O–H groups in total. The summed E-state index contributed by atoms with van der Waals surface area (Å²) in [7, 11) is 2.05. The first-order chi connectivity index (χ1) is 8.15. The molecule has 0 spiro atoms. The Bertz CT molecular complexity index is 408. The third-order valence-electron chi connectivity index (χ3n) is 2.92. The maximum absolute atomic E-state index is 11.9. The van der Waals surface area contributed by atoms with Crippen LogP contribution in [0.2, 0.25) is 0 Å². The summed E-state index contributed by atoms with van der Waals surface area (Å²) in [5.41, 5.74) is 0.604. The molecular weight excluding hydrogens is 282 g/mol. The van der Waals surface area contributed by atoms with E-state index in [4.69, 9.17) is 4.74 Å². The van der Waals surface area contributed by atoms with Crippen molar-refractivity contribution in [1.29, 1.82) is 0 Å². The van der Waals surface area contributed by atoms with E-state index in [0.29, 0.717) is 5.56 Å². The first kappa shape index (κ1) is 12.6. The van der Waals surface area contributed by atoms with Crippen molar-refractivity contribution in [3.05, 3.63) is 34.3 Å². The second-order valence-corrected chi connectivity index (χ2v) is 5.36. The maximum atomic E-state index is 11.9. The van der Waals surface area contributed by atoms with Crippen LogP contribution in [0.3, 0.4) is 0 Å². The lowest BCUT2D eigenvalue weighted by Crippen LogP contribution is -2.38. The van der Waals surface area contributed by atoms with Crippen molar-refractivity contribution < 1.29 is 9.53 Å². The van der Waals surface area contributed by atoms with E-state index < -0.39 is 0 Å². The molecule has 1 atom stereocenters. The SMILES string of the molecule is CN1CCC[C@H](OC(=O)c2cccc(Br)c2)C1. The molecule has 0 bridgehead atoms. The fourth-order valence-electron chi connectivity index (χ4n) is 2.05. The van der Waals surface area contributed by atoms with Crippen molar-refractivity contribution >= 4 is 21.9 Å². The highest BCUT2D eigenvalue weighted by atomic mass is 79.9. The van der Waals surface area contributed by atoms with Gasteiger partial charge in [-0.05, 0) is 44.6 Å². The number of carbonyl (C=O) groups excluding carboxylic acids is 1. The average Bonchev–Trinajstić information content (AvgIpc) is 2.29. The first-order valence-electron chi connectivity index (χ1n) is 5.80. The van der Waals surface area contributed by atoms with Gasteiger partial charge in [-0.25, -0.2) is 4.79 Å². The Labute approximate surface area is 110 Å². The number of carbonyl (C=O) groups is 1. The number of likely N-dealkylation sites (tertiary alicyclic amines) is 1. The molecule has 17 heavy (non-hydrogen) atoms. The molecule has 0 saturated carbocycles. The van der Waals surface area contributed by atoms with Crippen LogP contribution in [-0.4, -0.2) is 37.1 Å². The predicted molar refractivity (Wildman–Crippen MR) is 70.1 cm³/mol. The molecule has 92 valence electrons. The number of nitrogens with zero attached hydrogens (tertiary/aromatic N) is 1. The zero-order chi connectivity index (χ0) is 12.3. The van der Waals surface area contributed by atoms with Gasteiger partial charge in [-0.1, -0.05) is 22.0 Å². The van der Waals surface area contributed by atoms with Gasteiger partial charge in [-0.2, -0.15) is 0 Å². The number of rotatable bonds is 2. The van der Waals surface area contributed by atoms with E-state index in [9.17, 15) is 4.79 Å². The summed E-state index contributed by atoms with van der Waals surface area (Å²) >= 11 is 3.35. The van der Waals surface area contributed by atoms with E-state index >= 15 is 0 Å².